The molecule has 0 fully saturated rings. The summed E-state index contributed by atoms with van der Waals surface area (Å²) >= 11 is 0. The Morgan fingerprint density at radius 2 is 1.76 bits per heavy atom. The van der Waals surface area contributed by atoms with E-state index in [4.69, 9.17) is 4.74 Å². The van der Waals surface area contributed by atoms with Crippen molar-refractivity contribution in [3.8, 4) is 11.4 Å². The molecule has 1 N–H and O–H groups in total. The Hall–Kier alpha value is -3.94. The van der Waals surface area contributed by atoms with Crippen molar-refractivity contribution in [3.05, 3.63) is 81.9 Å². The van der Waals surface area contributed by atoms with Crippen LogP contribution < -0.4 is 15.6 Å². The van der Waals surface area contributed by atoms with Gasteiger partial charge < -0.3 is 10.1 Å². The minimum atomic E-state index is -0.754. The molecule has 4 rings (SSSR count). The minimum absolute atomic E-state index is 0.257. The number of aryl methyl sites for hydroxylation is 2. The lowest BCUT2D eigenvalue weighted by Crippen LogP contribution is -2.38. The number of rotatable bonds is 8. The highest BCUT2D eigenvalue weighted by Crippen LogP contribution is 2.20. The molecule has 176 valence electrons. The van der Waals surface area contributed by atoms with Gasteiger partial charge in [0.25, 0.3) is 5.56 Å². The number of ether oxygens (including phenoxy) is 1. The first kappa shape index (κ1) is 23.2. The van der Waals surface area contributed by atoms with Gasteiger partial charge in [0.2, 0.25) is 5.91 Å². The molecule has 0 radical (unpaired) electrons. The molecule has 2 aromatic heterocycles. The van der Waals surface area contributed by atoms with Gasteiger partial charge in [0.05, 0.1) is 29.1 Å². The molecule has 0 bridgehead atoms. The zero-order valence-corrected chi connectivity index (χ0v) is 19.9. The first-order valence-electron chi connectivity index (χ1n) is 11.4. The molecule has 4 aromatic rings. The molecule has 2 aromatic carbocycles. The summed E-state index contributed by atoms with van der Waals surface area (Å²) in [5.74, 6) is 0.568. The summed E-state index contributed by atoms with van der Waals surface area (Å²) in [4.78, 5) is 26.2. The predicted molar refractivity (Wildman–Crippen MR) is 132 cm³/mol. The van der Waals surface area contributed by atoms with Crippen LogP contribution in [0.15, 0.2) is 59.4 Å². The maximum absolute atomic E-state index is 13.3. The van der Waals surface area contributed by atoms with E-state index >= 15 is 0 Å². The van der Waals surface area contributed by atoms with Gasteiger partial charge in [-0.2, -0.15) is 10.2 Å². The lowest BCUT2D eigenvalue weighted by molar-refractivity contribution is -0.124. The van der Waals surface area contributed by atoms with Crippen molar-refractivity contribution in [2.75, 3.05) is 13.2 Å². The smallest absolute Gasteiger partial charge is 0.278 e. The van der Waals surface area contributed by atoms with Crippen LogP contribution in [0.4, 0.5) is 0 Å². The van der Waals surface area contributed by atoms with Crippen LogP contribution in [0.3, 0.4) is 0 Å². The zero-order valence-electron chi connectivity index (χ0n) is 19.9. The molecule has 34 heavy (non-hydrogen) atoms. The highest BCUT2D eigenvalue weighted by Gasteiger charge is 2.23. The fourth-order valence-electron chi connectivity index (χ4n) is 3.97. The molecule has 2 heterocycles. The number of amides is 1. The second-order valence-corrected chi connectivity index (χ2v) is 8.19. The van der Waals surface area contributed by atoms with Crippen molar-refractivity contribution < 1.29 is 9.53 Å². The van der Waals surface area contributed by atoms with Crippen LogP contribution >= 0.6 is 0 Å². The zero-order chi connectivity index (χ0) is 24.2. The molecule has 1 amide bonds. The molecule has 8 nitrogen and oxygen atoms in total. The second-order valence-electron chi connectivity index (χ2n) is 8.19. The number of carbonyl (C=O) groups excluding carboxylic acids is 1. The number of nitrogens with zero attached hydrogens (tertiary/aromatic N) is 4. The van der Waals surface area contributed by atoms with Crippen molar-refractivity contribution in [1.82, 2.24) is 24.9 Å². The van der Waals surface area contributed by atoms with Crippen molar-refractivity contribution in [2.45, 2.75) is 40.2 Å². The quantitative estimate of drug-likeness (QED) is 0.435. The Morgan fingerprint density at radius 1 is 1.06 bits per heavy atom. The van der Waals surface area contributed by atoms with E-state index in [2.05, 4.69) is 15.5 Å². The lowest BCUT2D eigenvalue weighted by atomic mass is 10.1. The van der Waals surface area contributed by atoms with Crippen molar-refractivity contribution in [3.63, 3.8) is 0 Å². The van der Waals surface area contributed by atoms with Gasteiger partial charge in [-0.3, -0.25) is 9.59 Å². The summed E-state index contributed by atoms with van der Waals surface area (Å²) in [6.07, 6.45) is 0.675. The van der Waals surface area contributed by atoms with Crippen LogP contribution in [0.25, 0.3) is 16.6 Å². The SMILES string of the molecule is CCOc1ccc(CCNC(=O)C(C)n2nc(C)c3nn(-c4ccccc4)c(C)c3c2=O)cc1. The molecular weight excluding hydrogens is 430 g/mol. The van der Waals surface area contributed by atoms with E-state index in [9.17, 15) is 9.59 Å². The van der Waals surface area contributed by atoms with E-state index in [-0.39, 0.29) is 11.5 Å². The molecule has 0 aliphatic heterocycles. The Kier molecular flexibility index (Phi) is 6.77. The van der Waals surface area contributed by atoms with E-state index < -0.39 is 6.04 Å². The molecule has 1 unspecified atom stereocenters. The molecule has 8 heteroatoms. The average Bonchev–Trinajstić information content (AvgIpc) is 3.20. The largest absolute Gasteiger partial charge is 0.494 e. The van der Waals surface area contributed by atoms with Crippen LogP contribution in [0.1, 0.15) is 36.8 Å². The molecule has 0 spiro atoms. The van der Waals surface area contributed by atoms with Crippen LogP contribution in [-0.2, 0) is 11.2 Å². The first-order chi connectivity index (χ1) is 16.4. The summed E-state index contributed by atoms with van der Waals surface area (Å²) in [5.41, 5.74) is 3.49. The number of nitrogens with one attached hydrogen (secondary N) is 1. The van der Waals surface area contributed by atoms with Gasteiger partial charge in [-0.1, -0.05) is 30.3 Å². The van der Waals surface area contributed by atoms with E-state index in [0.717, 1.165) is 17.0 Å². The minimum Gasteiger partial charge on any atom is -0.494 e. The third-order valence-corrected chi connectivity index (χ3v) is 5.83. The highest BCUT2D eigenvalue weighted by molar-refractivity contribution is 5.84. The van der Waals surface area contributed by atoms with E-state index in [1.807, 2.05) is 68.4 Å². The van der Waals surface area contributed by atoms with Gasteiger partial charge >= 0.3 is 0 Å². The molecule has 1 atom stereocenters. The number of fused-ring (bicyclic) bond motifs is 1. The van der Waals surface area contributed by atoms with E-state index in [1.165, 1.54) is 4.68 Å². The third kappa shape index (κ3) is 4.57. The van der Waals surface area contributed by atoms with Crippen LogP contribution in [0, 0.1) is 13.8 Å². The Morgan fingerprint density at radius 3 is 2.44 bits per heavy atom. The number of aromatic nitrogens is 4. The average molecular weight is 460 g/mol. The van der Waals surface area contributed by atoms with Gasteiger partial charge in [0.1, 0.15) is 17.3 Å². The standard InChI is InChI=1S/C26H29N5O3/c1-5-34-22-13-11-20(12-14-22)15-16-27-25(32)19(4)31-26(33)23-18(3)30(21-9-7-6-8-10-21)29-24(23)17(2)28-31/h6-14,19H,5,15-16H2,1-4H3,(H,27,32). The third-order valence-electron chi connectivity index (χ3n) is 5.83. The van der Waals surface area contributed by atoms with E-state index in [0.29, 0.717) is 41.9 Å². The van der Waals surface area contributed by atoms with Gasteiger partial charge in [-0.25, -0.2) is 9.36 Å². The molecular formula is C26H29N5O3. The Bertz CT molecular complexity index is 1360. The summed E-state index contributed by atoms with van der Waals surface area (Å²) in [7, 11) is 0. The summed E-state index contributed by atoms with van der Waals surface area (Å²) < 4.78 is 8.46. The van der Waals surface area contributed by atoms with Gasteiger partial charge in [-0.15, -0.1) is 0 Å². The van der Waals surface area contributed by atoms with Crippen molar-refractivity contribution in [1.29, 1.82) is 0 Å². The number of carbonyl (C=O) groups is 1. The van der Waals surface area contributed by atoms with Crippen LogP contribution in [0.5, 0.6) is 5.75 Å². The lowest BCUT2D eigenvalue weighted by Gasteiger charge is -2.15. The maximum Gasteiger partial charge on any atom is 0.278 e. The summed E-state index contributed by atoms with van der Waals surface area (Å²) in [6.45, 7) is 8.37. The van der Waals surface area contributed by atoms with Gasteiger partial charge in [0, 0.05) is 6.54 Å². The molecule has 0 saturated heterocycles. The first-order valence-corrected chi connectivity index (χ1v) is 11.4. The molecule has 0 saturated carbocycles. The van der Waals surface area contributed by atoms with E-state index in [1.54, 1.807) is 18.5 Å². The fourth-order valence-corrected chi connectivity index (χ4v) is 3.97. The maximum atomic E-state index is 13.3. The number of hydrogen-bond donors (Lipinski definition) is 1. The Labute approximate surface area is 198 Å². The summed E-state index contributed by atoms with van der Waals surface area (Å²) in [6, 6.07) is 16.7. The number of benzene rings is 2. The fraction of sp³-hybridized carbons (Fsp3) is 0.308. The monoisotopic (exact) mass is 459 g/mol. The predicted octanol–water partition coefficient (Wildman–Crippen LogP) is 3.52. The Balaban J connectivity index is 1.52. The van der Waals surface area contributed by atoms with Crippen LogP contribution in [0.2, 0.25) is 0 Å². The van der Waals surface area contributed by atoms with Crippen LogP contribution in [-0.4, -0.2) is 38.6 Å². The van der Waals surface area contributed by atoms with Crippen molar-refractivity contribution in [2.24, 2.45) is 0 Å². The molecule has 0 aliphatic rings. The highest BCUT2D eigenvalue weighted by atomic mass is 16.5. The topological polar surface area (TPSA) is 91.0 Å². The van der Waals surface area contributed by atoms with Crippen molar-refractivity contribution >= 4 is 16.8 Å². The second kappa shape index (κ2) is 9.91. The molecule has 0 aliphatic carbocycles. The normalized spacial score (nSPS) is 12.0. The number of para-hydroxylation sites is 1. The van der Waals surface area contributed by atoms with Gasteiger partial charge in [-0.05, 0) is 63.9 Å². The summed E-state index contributed by atoms with van der Waals surface area (Å²) in [5, 5.41) is 12.4. The van der Waals surface area contributed by atoms with Gasteiger partial charge in [0.15, 0.2) is 0 Å². The number of hydrogen-bond acceptors (Lipinski definition) is 5.